The number of nitrogens with zero attached hydrogens (tertiary/aromatic N) is 2. The maximum Gasteiger partial charge on any atom is 0.270 e. The summed E-state index contributed by atoms with van der Waals surface area (Å²) in [5.41, 5.74) is -0.0309. The zero-order valence-electron chi connectivity index (χ0n) is 9.03. The number of aliphatic hydroxyl groups is 1. The monoisotopic (exact) mass is 271 g/mol. The summed E-state index contributed by atoms with van der Waals surface area (Å²) in [7, 11) is -3.81. The summed E-state index contributed by atoms with van der Waals surface area (Å²) in [6.07, 6.45) is 0. The Bertz CT molecular complexity index is 638. The molecular formula is C9H9N3O5S. The summed E-state index contributed by atoms with van der Waals surface area (Å²) in [5, 5.41) is 19.2. The minimum atomic E-state index is -3.81. The van der Waals surface area contributed by atoms with Crippen LogP contribution in [0.25, 0.3) is 0 Å². The molecular weight excluding hydrogens is 262 g/mol. The Kier molecular flexibility index (Phi) is 3.01. The smallest absolute Gasteiger partial charge is 0.270 e. The molecule has 9 heteroatoms. The number of hydrogen-bond acceptors (Lipinski definition) is 6. The molecule has 0 radical (unpaired) electrons. The number of aliphatic imine (C=N–C) groups is 1. The summed E-state index contributed by atoms with van der Waals surface area (Å²) in [4.78, 5) is 13.6. The number of nitro groups is 1. The maximum absolute atomic E-state index is 11.7. The van der Waals surface area contributed by atoms with Gasteiger partial charge in [-0.25, -0.2) is 8.42 Å². The van der Waals surface area contributed by atoms with E-state index in [-0.39, 0.29) is 35.1 Å². The number of sulfonamides is 1. The van der Waals surface area contributed by atoms with Crippen LogP contribution in [-0.2, 0) is 10.0 Å². The lowest BCUT2D eigenvalue weighted by Crippen LogP contribution is -2.22. The number of hydrogen-bond donors (Lipinski definition) is 2. The van der Waals surface area contributed by atoms with E-state index in [0.29, 0.717) is 0 Å². The molecule has 0 saturated heterocycles. The van der Waals surface area contributed by atoms with Crippen LogP contribution in [0.4, 0.5) is 5.69 Å². The van der Waals surface area contributed by atoms with E-state index >= 15 is 0 Å². The Balaban J connectivity index is 2.57. The van der Waals surface area contributed by atoms with Crippen LogP contribution in [0.2, 0.25) is 0 Å². The standard InChI is InChI=1S/C9H9N3O5S/c13-4-3-10-9-7-2-1-6(12(14)15)5-8(7)18(16,17)11-9/h1-2,5,13H,3-4H2,(H,10,11). The molecule has 0 bridgehead atoms. The van der Waals surface area contributed by atoms with Gasteiger partial charge in [-0.2, -0.15) is 0 Å². The molecule has 0 aromatic heterocycles. The third-order valence-electron chi connectivity index (χ3n) is 2.32. The molecule has 96 valence electrons. The number of aliphatic hydroxyl groups excluding tert-OH is 1. The Morgan fingerprint density at radius 1 is 1.44 bits per heavy atom. The molecule has 1 aromatic rings. The van der Waals surface area contributed by atoms with Gasteiger partial charge in [0.2, 0.25) is 0 Å². The molecule has 8 nitrogen and oxygen atoms in total. The van der Waals surface area contributed by atoms with Gasteiger partial charge in [-0.15, -0.1) is 0 Å². The van der Waals surface area contributed by atoms with Crippen molar-refractivity contribution in [2.45, 2.75) is 4.90 Å². The predicted octanol–water partition coefficient (Wildman–Crippen LogP) is -0.374. The first-order valence-corrected chi connectivity index (χ1v) is 6.41. The first kappa shape index (κ1) is 12.5. The SMILES string of the molecule is O=[N+]([O-])c1ccc2c(c1)S(=O)(=O)NC2=NCCO. The van der Waals surface area contributed by atoms with Gasteiger partial charge in [0.1, 0.15) is 10.7 Å². The lowest BCUT2D eigenvalue weighted by Gasteiger charge is -1.97. The minimum absolute atomic E-state index is 0.0499. The van der Waals surface area contributed by atoms with Crippen LogP contribution in [0.3, 0.4) is 0 Å². The van der Waals surface area contributed by atoms with Gasteiger partial charge in [0, 0.05) is 17.7 Å². The van der Waals surface area contributed by atoms with Crippen LogP contribution in [0.15, 0.2) is 28.1 Å². The summed E-state index contributed by atoms with van der Waals surface area (Å²) >= 11 is 0. The average Bonchev–Trinajstić information content (AvgIpc) is 2.58. The normalized spacial score (nSPS) is 18.4. The molecule has 0 aliphatic carbocycles. The van der Waals surface area contributed by atoms with Crippen molar-refractivity contribution >= 4 is 21.5 Å². The van der Waals surface area contributed by atoms with E-state index in [1.807, 2.05) is 0 Å². The summed E-state index contributed by atoms with van der Waals surface area (Å²) < 4.78 is 25.6. The largest absolute Gasteiger partial charge is 0.394 e. The van der Waals surface area contributed by atoms with E-state index in [1.165, 1.54) is 12.1 Å². The number of nitrogens with one attached hydrogen (secondary N) is 1. The van der Waals surface area contributed by atoms with Crippen LogP contribution < -0.4 is 4.72 Å². The molecule has 1 aliphatic heterocycles. The summed E-state index contributed by atoms with van der Waals surface area (Å²) in [6.45, 7) is -0.165. The van der Waals surface area contributed by atoms with E-state index < -0.39 is 14.9 Å². The molecule has 0 atom stereocenters. The molecule has 0 unspecified atom stereocenters. The van der Waals surface area contributed by atoms with E-state index in [2.05, 4.69) is 9.71 Å². The fourth-order valence-electron chi connectivity index (χ4n) is 1.56. The van der Waals surface area contributed by atoms with Crippen LogP contribution in [0.5, 0.6) is 0 Å². The zero-order valence-corrected chi connectivity index (χ0v) is 9.85. The Morgan fingerprint density at radius 2 is 2.17 bits per heavy atom. The zero-order chi connectivity index (χ0) is 13.3. The number of amidine groups is 1. The fourth-order valence-corrected chi connectivity index (χ4v) is 2.83. The molecule has 1 aliphatic rings. The van der Waals surface area contributed by atoms with Crippen molar-refractivity contribution in [2.75, 3.05) is 13.2 Å². The molecule has 1 aromatic carbocycles. The average molecular weight is 271 g/mol. The van der Waals surface area contributed by atoms with Gasteiger partial charge in [-0.1, -0.05) is 0 Å². The molecule has 1 heterocycles. The minimum Gasteiger partial charge on any atom is -0.394 e. The lowest BCUT2D eigenvalue weighted by atomic mass is 10.2. The van der Waals surface area contributed by atoms with Crippen molar-refractivity contribution in [2.24, 2.45) is 4.99 Å². The first-order chi connectivity index (χ1) is 8.45. The number of rotatable bonds is 3. The fraction of sp³-hybridized carbons (Fsp3) is 0.222. The van der Waals surface area contributed by atoms with Gasteiger partial charge in [0.15, 0.2) is 0 Å². The highest BCUT2D eigenvalue weighted by Crippen LogP contribution is 2.27. The first-order valence-electron chi connectivity index (χ1n) is 4.92. The van der Waals surface area contributed by atoms with Crippen molar-refractivity contribution in [3.8, 4) is 0 Å². The van der Waals surface area contributed by atoms with E-state index in [0.717, 1.165) is 6.07 Å². The molecule has 18 heavy (non-hydrogen) atoms. The van der Waals surface area contributed by atoms with E-state index in [4.69, 9.17) is 5.11 Å². The second-order valence-corrected chi connectivity index (χ2v) is 5.15. The Morgan fingerprint density at radius 3 is 2.78 bits per heavy atom. The molecule has 0 saturated carbocycles. The van der Waals surface area contributed by atoms with Crippen molar-refractivity contribution < 1.29 is 18.4 Å². The highest BCUT2D eigenvalue weighted by atomic mass is 32.2. The quantitative estimate of drug-likeness (QED) is 0.573. The van der Waals surface area contributed by atoms with E-state index in [1.54, 1.807) is 0 Å². The molecule has 2 rings (SSSR count). The van der Waals surface area contributed by atoms with Crippen molar-refractivity contribution in [1.29, 1.82) is 0 Å². The van der Waals surface area contributed by atoms with E-state index in [9.17, 15) is 18.5 Å². The highest BCUT2D eigenvalue weighted by Gasteiger charge is 2.32. The number of non-ortho nitro benzene ring substituents is 1. The summed E-state index contributed by atoms with van der Waals surface area (Å²) in [5.74, 6) is 0.0916. The third kappa shape index (κ3) is 2.05. The summed E-state index contributed by atoms with van der Waals surface area (Å²) in [6, 6.07) is 3.51. The van der Waals surface area contributed by atoms with Gasteiger partial charge >= 0.3 is 0 Å². The second-order valence-electron chi connectivity index (χ2n) is 3.50. The number of nitro benzene ring substituents is 1. The molecule has 0 spiro atoms. The van der Waals surface area contributed by atoms with Gasteiger partial charge in [0.05, 0.1) is 18.1 Å². The topological polar surface area (TPSA) is 122 Å². The van der Waals surface area contributed by atoms with Crippen LogP contribution in [0, 0.1) is 10.1 Å². The number of fused-ring (bicyclic) bond motifs is 1. The van der Waals surface area contributed by atoms with Gasteiger partial charge in [-0.05, 0) is 6.07 Å². The Hall–Kier alpha value is -2.00. The third-order valence-corrected chi connectivity index (χ3v) is 3.70. The van der Waals surface area contributed by atoms with Crippen LogP contribution in [-0.4, -0.2) is 37.4 Å². The van der Waals surface area contributed by atoms with Crippen molar-refractivity contribution in [3.05, 3.63) is 33.9 Å². The van der Waals surface area contributed by atoms with Gasteiger partial charge < -0.3 is 5.11 Å². The Labute approximate surface area is 102 Å². The van der Waals surface area contributed by atoms with Crippen LogP contribution in [0.1, 0.15) is 5.56 Å². The predicted molar refractivity (Wildman–Crippen MR) is 61.9 cm³/mol. The van der Waals surface area contributed by atoms with Crippen LogP contribution >= 0.6 is 0 Å². The van der Waals surface area contributed by atoms with Crippen molar-refractivity contribution in [3.63, 3.8) is 0 Å². The van der Waals surface area contributed by atoms with Crippen molar-refractivity contribution in [1.82, 2.24) is 4.72 Å². The molecule has 0 amide bonds. The second kappa shape index (κ2) is 4.35. The van der Waals surface area contributed by atoms with Gasteiger partial charge in [-0.3, -0.25) is 19.8 Å². The van der Waals surface area contributed by atoms with Gasteiger partial charge in [0.25, 0.3) is 15.7 Å². The lowest BCUT2D eigenvalue weighted by molar-refractivity contribution is -0.385. The maximum atomic E-state index is 11.7. The number of benzene rings is 1. The highest BCUT2D eigenvalue weighted by molar-refractivity contribution is 7.90. The molecule has 2 N–H and O–H groups in total. The molecule has 0 fully saturated rings.